The smallest absolute Gasteiger partial charge is 0.251 e. The molecule has 4 heteroatoms. The molecule has 1 unspecified atom stereocenters. The first kappa shape index (κ1) is 15.6. The van der Waals surface area contributed by atoms with E-state index in [0.29, 0.717) is 5.56 Å². The Balaban J connectivity index is 2.27. The van der Waals surface area contributed by atoms with Crippen LogP contribution in [0, 0.1) is 20.8 Å². The number of rotatable bonds is 4. The second-order valence-electron chi connectivity index (χ2n) is 5.29. The molecule has 0 bridgehead atoms. The van der Waals surface area contributed by atoms with Crippen molar-refractivity contribution in [3.05, 3.63) is 50.7 Å². The highest BCUT2D eigenvalue weighted by Gasteiger charge is 2.14. The monoisotopic (exact) mass is 302 g/mol. The maximum Gasteiger partial charge on any atom is 0.251 e. The van der Waals surface area contributed by atoms with Crippen molar-refractivity contribution in [3.63, 3.8) is 0 Å². The van der Waals surface area contributed by atoms with E-state index in [1.807, 2.05) is 36.5 Å². The zero-order chi connectivity index (χ0) is 15.6. The summed E-state index contributed by atoms with van der Waals surface area (Å²) in [4.78, 5) is 14.5. The van der Waals surface area contributed by atoms with E-state index in [1.54, 1.807) is 7.05 Å². The van der Waals surface area contributed by atoms with E-state index in [4.69, 9.17) is 0 Å². The van der Waals surface area contributed by atoms with Gasteiger partial charge in [0.25, 0.3) is 5.91 Å². The van der Waals surface area contributed by atoms with E-state index in [-0.39, 0.29) is 11.9 Å². The van der Waals surface area contributed by atoms with Crippen LogP contribution in [0.5, 0.6) is 0 Å². The van der Waals surface area contributed by atoms with Crippen LogP contribution in [0.15, 0.2) is 24.3 Å². The van der Waals surface area contributed by atoms with Gasteiger partial charge in [-0.25, -0.2) is 0 Å². The van der Waals surface area contributed by atoms with Crippen LogP contribution < -0.4 is 10.6 Å². The van der Waals surface area contributed by atoms with Crippen LogP contribution in [0.4, 0.5) is 5.69 Å². The Kier molecular flexibility index (Phi) is 4.68. The number of anilines is 1. The summed E-state index contributed by atoms with van der Waals surface area (Å²) in [5.41, 5.74) is 4.02. The predicted molar refractivity (Wildman–Crippen MR) is 90.4 cm³/mol. The summed E-state index contributed by atoms with van der Waals surface area (Å²) in [5.74, 6) is -0.0497. The molecule has 0 fully saturated rings. The number of carbonyl (C=O) groups excluding carboxylic acids is 1. The number of hydrogen-bond acceptors (Lipinski definition) is 3. The lowest BCUT2D eigenvalue weighted by molar-refractivity contribution is 0.0962. The van der Waals surface area contributed by atoms with Gasteiger partial charge in [0.1, 0.15) is 0 Å². The van der Waals surface area contributed by atoms with E-state index < -0.39 is 0 Å². The molecule has 21 heavy (non-hydrogen) atoms. The maximum absolute atomic E-state index is 11.9. The van der Waals surface area contributed by atoms with Crippen molar-refractivity contribution in [2.75, 3.05) is 12.4 Å². The molecule has 2 rings (SSSR count). The van der Waals surface area contributed by atoms with Gasteiger partial charge in [0.2, 0.25) is 0 Å². The number of hydrogen-bond donors (Lipinski definition) is 2. The Hall–Kier alpha value is -1.81. The fourth-order valence-corrected chi connectivity index (χ4v) is 3.59. The van der Waals surface area contributed by atoms with Crippen LogP contribution in [0.3, 0.4) is 0 Å². The molecule has 0 aliphatic heterocycles. The summed E-state index contributed by atoms with van der Waals surface area (Å²) in [6.07, 6.45) is 0. The van der Waals surface area contributed by atoms with E-state index in [2.05, 4.69) is 37.5 Å². The molecule has 0 radical (unpaired) electrons. The zero-order valence-corrected chi connectivity index (χ0v) is 14.0. The zero-order valence-electron chi connectivity index (χ0n) is 13.2. The van der Waals surface area contributed by atoms with Crippen molar-refractivity contribution in [3.8, 4) is 0 Å². The van der Waals surface area contributed by atoms with Crippen molar-refractivity contribution in [2.45, 2.75) is 33.7 Å². The molecule has 0 aliphatic carbocycles. The molecular weight excluding hydrogens is 280 g/mol. The maximum atomic E-state index is 11.9. The molecule has 1 aromatic heterocycles. The highest BCUT2D eigenvalue weighted by molar-refractivity contribution is 7.12. The summed E-state index contributed by atoms with van der Waals surface area (Å²) in [6.45, 7) is 8.41. The molecule has 2 aromatic rings. The number of nitrogens with one attached hydrogen (secondary N) is 2. The lowest BCUT2D eigenvalue weighted by atomic mass is 10.0. The van der Waals surface area contributed by atoms with Gasteiger partial charge in [0.15, 0.2) is 0 Å². The first-order valence-corrected chi connectivity index (χ1v) is 7.90. The first-order valence-electron chi connectivity index (χ1n) is 7.09. The molecule has 0 saturated heterocycles. The number of carbonyl (C=O) groups is 1. The number of aryl methyl sites for hydroxylation is 2. The highest BCUT2D eigenvalue weighted by atomic mass is 32.1. The fraction of sp³-hybridized carbons (Fsp3) is 0.353. The van der Waals surface area contributed by atoms with Gasteiger partial charge in [-0.05, 0) is 57.0 Å². The lowest BCUT2D eigenvalue weighted by Gasteiger charge is -2.18. The van der Waals surface area contributed by atoms with Gasteiger partial charge < -0.3 is 10.6 Å². The van der Waals surface area contributed by atoms with E-state index in [1.165, 1.54) is 15.3 Å². The summed E-state index contributed by atoms with van der Waals surface area (Å²) in [5, 5.41) is 6.21. The molecular formula is C17H22N2OS. The average Bonchev–Trinajstić information content (AvgIpc) is 2.79. The van der Waals surface area contributed by atoms with Crippen molar-refractivity contribution < 1.29 is 4.79 Å². The highest BCUT2D eigenvalue weighted by Crippen LogP contribution is 2.30. The standard InChI is InChI=1S/C17H22N2OS/c1-10-9-15(13(4)21-10)12(3)19-16-8-6-7-14(11(16)2)17(20)18-5/h6-9,12,19H,1-5H3,(H,18,20). The Bertz CT molecular complexity index is 661. The van der Waals surface area contributed by atoms with Gasteiger partial charge >= 0.3 is 0 Å². The molecule has 0 saturated carbocycles. The van der Waals surface area contributed by atoms with Crippen molar-refractivity contribution in [2.24, 2.45) is 0 Å². The third kappa shape index (κ3) is 3.27. The summed E-state index contributed by atoms with van der Waals surface area (Å²) >= 11 is 1.82. The van der Waals surface area contributed by atoms with E-state index in [0.717, 1.165) is 11.3 Å². The summed E-state index contributed by atoms with van der Waals surface area (Å²) in [7, 11) is 1.65. The SMILES string of the molecule is CNC(=O)c1cccc(NC(C)c2cc(C)sc2C)c1C. The summed E-state index contributed by atoms with van der Waals surface area (Å²) in [6, 6.07) is 8.23. The predicted octanol–water partition coefficient (Wildman–Crippen LogP) is 4.21. The minimum absolute atomic E-state index is 0.0497. The minimum Gasteiger partial charge on any atom is -0.378 e. The van der Waals surface area contributed by atoms with Gasteiger partial charge in [-0.1, -0.05) is 6.07 Å². The Labute approximate surface area is 130 Å². The third-order valence-corrected chi connectivity index (χ3v) is 4.71. The quantitative estimate of drug-likeness (QED) is 0.888. The molecule has 0 spiro atoms. The Morgan fingerprint density at radius 2 is 1.95 bits per heavy atom. The number of benzene rings is 1. The largest absolute Gasteiger partial charge is 0.378 e. The molecule has 3 nitrogen and oxygen atoms in total. The van der Waals surface area contributed by atoms with Gasteiger partial charge in [0, 0.05) is 34.1 Å². The van der Waals surface area contributed by atoms with Gasteiger partial charge in [-0.3, -0.25) is 4.79 Å². The van der Waals surface area contributed by atoms with Crippen LogP contribution in [0.2, 0.25) is 0 Å². The Morgan fingerprint density at radius 3 is 2.52 bits per heavy atom. The normalized spacial score (nSPS) is 12.0. The number of amides is 1. The minimum atomic E-state index is -0.0497. The average molecular weight is 302 g/mol. The van der Waals surface area contributed by atoms with E-state index in [9.17, 15) is 4.79 Å². The second kappa shape index (κ2) is 6.31. The topological polar surface area (TPSA) is 41.1 Å². The van der Waals surface area contributed by atoms with Crippen LogP contribution in [0.1, 0.15) is 44.2 Å². The van der Waals surface area contributed by atoms with Gasteiger partial charge in [-0.2, -0.15) is 0 Å². The molecule has 1 atom stereocenters. The van der Waals surface area contributed by atoms with Crippen LogP contribution in [0.25, 0.3) is 0 Å². The second-order valence-corrected chi connectivity index (χ2v) is 6.75. The fourth-order valence-electron chi connectivity index (χ4n) is 2.56. The molecule has 1 heterocycles. The van der Waals surface area contributed by atoms with Crippen molar-refractivity contribution in [1.82, 2.24) is 5.32 Å². The third-order valence-electron chi connectivity index (χ3n) is 3.72. The molecule has 112 valence electrons. The van der Waals surface area contributed by atoms with Gasteiger partial charge in [-0.15, -0.1) is 11.3 Å². The van der Waals surface area contributed by atoms with E-state index >= 15 is 0 Å². The molecule has 2 N–H and O–H groups in total. The molecule has 0 aliphatic rings. The van der Waals surface area contributed by atoms with Crippen LogP contribution in [-0.2, 0) is 0 Å². The summed E-state index contributed by atoms with van der Waals surface area (Å²) < 4.78 is 0. The number of thiophene rings is 1. The Morgan fingerprint density at radius 1 is 1.24 bits per heavy atom. The lowest BCUT2D eigenvalue weighted by Crippen LogP contribution is -2.19. The van der Waals surface area contributed by atoms with Crippen molar-refractivity contribution >= 4 is 22.9 Å². The molecule has 1 amide bonds. The van der Waals surface area contributed by atoms with Gasteiger partial charge in [0.05, 0.1) is 0 Å². The van der Waals surface area contributed by atoms with Crippen LogP contribution in [-0.4, -0.2) is 13.0 Å². The van der Waals surface area contributed by atoms with Crippen LogP contribution >= 0.6 is 11.3 Å². The van der Waals surface area contributed by atoms with Crippen molar-refractivity contribution in [1.29, 1.82) is 0 Å². The first-order chi connectivity index (χ1) is 9.93. The molecule has 1 aromatic carbocycles.